The molecule has 21 heavy (non-hydrogen) atoms. The van der Waals surface area contributed by atoms with Gasteiger partial charge in [-0.25, -0.2) is 12.7 Å². The van der Waals surface area contributed by atoms with E-state index in [1.807, 2.05) is 20.2 Å². The maximum Gasteiger partial charge on any atom is 0.218 e. The molecule has 1 atom stereocenters. The van der Waals surface area contributed by atoms with Gasteiger partial charge in [-0.05, 0) is 44.6 Å². The van der Waals surface area contributed by atoms with Crippen LogP contribution in [0.2, 0.25) is 0 Å². The van der Waals surface area contributed by atoms with E-state index in [4.69, 9.17) is 5.26 Å². The van der Waals surface area contributed by atoms with Crippen LogP contribution in [0.1, 0.15) is 24.0 Å². The van der Waals surface area contributed by atoms with Gasteiger partial charge in [0, 0.05) is 19.1 Å². The molecule has 0 spiro atoms. The van der Waals surface area contributed by atoms with Gasteiger partial charge in [-0.2, -0.15) is 5.26 Å². The van der Waals surface area contributed by atoms with Crippen molar-refractivity contribution in [1.29, 1.82) is 5.26 Å². The quantitative estimate of drug-likeness (QED) is 0.844. The minimum Gasteiger partial charge on any atom is -0.305 e. The first-order valence-corrected chi connectivity index (χ1v) is 8.66. The first-order valence-electron chi connectivity index (χ1n) is 7.05. The van der Waals surface area contributed by atoms with Gasteiger partial charge in [0.1, 0.15) is 0 Å². The monoisotopic (exact) mass is 307 g/mol. The average Bonchev–Trinajstić information content (AvgIpc) is 2.48. The third-order valence-corrected chi connectivity index (χ3v) is 5.73. The number of hydrogen-bond acceptors (Lipinski definition) is 4. The molecule has 0 amide bonds. The van der Waals surface area contributed by atoms with Gasteiger partial charge >= 0.3 is 0 Å². The molecule has 0 saturated carbocycles. The van der Waals surface area contributed by atoms with Crippen LogP contribution >= 0.6 is 0 Å². The smallest absolute Gasteiger partial charge is 0.218 e. The molecule has 0 radical (unpaired) electrons. The third kappa shape index (κ3) is 4.03. The zero-order valence-corrected chi connectivity index (χ0v) is 13.3. The van der Waals surface area contributed by atoms with Gasteiger partial charge in [-0.15, -0.1) is 0 Å². The van der Waals surface area contributed by atoms with Gasteiger partial charge in [-0.1, -0.05) is 12.1 Å². The van der Waals surface area contributed by atoms with Gasteiger partial charge in [0.25, 0.3) is 0 Å². The Labute approximate surface area is 126 Å². The largest absolute Gasteiger partial charge is 0.305 e. The Kier molecular flexibility index (Phi) is 4.99. The molecule has 0 aromatic heterocycles. The maximum absolute atomic E-state index is 12.5. The predicted molar refractivity (Wildman–Crippen MR) is 82.1 cm³/mol. The SMILES string of the molecule is CN(C)C1CCCN(S(=O)(=O)Cc2ccc(C#N)cc2)C1. The summed E-state index contributed by atoms with van der Waals surface area (Å²) >= 11 is 0. The summed E-state index contributed by atoms with van der Waals surface area (Å²) in [5.74, 6) is -0.00113. The highest BCUT2D eigenvalue weighted by Gasteiger charge is 2.29. The Morgan fingerprint density at radius 1 is 1.33 bits per heavy atom. The molecule has 1 aliphatic rings. The van der Waals surface area contributed by atoms with Crippen molar-refractivity contribution in [1.82, 2.24) is 9.21 Å². The minimum atomic E-state index is -3.30. The van der Waals surface area contributed by atoms with Crippen LogP contribution in [0, 0.1) is 11.3 Å². The van der Waals surface area contributed by atoms with Crippen LogP contribution in [0.4, 0.5) is 0 Å². The molecule has 5 nitrogen and oxygen atoms in total. The minimum absolute atomic E-state index is 0.00113. The van der Waals surface area contributed by atoms with Crippen molar-refractivity contribution in [2.45, 2.75) is 24.6 Å². The van der Waals surface area contributed by atoms with E-state index in [0.29, 0.717) is 18.7 Å². The molecule has 1 aromatic carbocycles. The van der Waals surface area contributed by atoms with Crippen LogP contribution in [0.3, 0.4) is 0 Å². The summed E-state index contributed by atoms with van der Waals surface area (Å²) in [6, 6.07) is 9.06. The fourth-order valence-electron chi connectivity index (χ4n) is 2.57. The van der Waals surface area contributed by atoms with Crippen molar-refractivity contribution in [2.75, 3.05) is 27.2 Å². The van der Waals surface area contributed by atoms with Crippen LogP contribution in [0.15, 0.2) is 24.3 Å². The predicted octanol–water partition coefficient (Wildman–Crippen LogP) is 1.41. The van der Waals surface area contributed by atoms with E-state index in [0.717, 1.165) is 18.4 Å². The van der Waals surface area contributed by atoms with Crippen molar-refractivity contribution < 1.29 is 8.42 Å². The van der Waals surface area contributed by atoms with Crippen molar-refractivity contribution in [3.63, 3.8) is 0 Å². The molecule has 114 valence electrons. The van der Waals surface area contributed by atoms with Crippen molar-refractivity contribution in [3.8, 4) is 6.07 Å². The zero-order valence-electron chi connectivity index (χ0n) is 12.5. The van der Waals surface area contributed by atoms with E-state index in [2.05, 4.69) is 4.90 Å². The van der Waals surface area contributed by atoms with E-state index in [9.17, 15) is 8.42 Å². The molecule has 2 rings (SSSR count). The molecule has 1 unspecified atom stereocenters. The lowest BCUT2D eigenvalue weighted by Gasteiger charge is -2.35. The lowest BCUT2D eigenvalue weighted by Crippen LogP contribution is -2.47. The van der Waals surface area contributed by atoms with E-state index < -0.39 is 10.0 Å². The van der Waals surface area contributed by atoms with Crippen LogP contribution < -0.4 is 0 Å². The first kappa shape index (κ1) is 16.0. The number of hydrogen-bond donors (Lipinski definition) is 0. The van der Waals surface area contributed by atoms with Gasteiger partial charge in [0.05, 0.1) is 17.4 Å². The maximum atomic E-state index is 12.5. The summed E-state index contributed by atoms with van der Waals surface area (Å²) < 4.78 is 26.6. The second-order valence-corrected chi connectivity index (χ2v) is 7.65. The third-order valence-electron chi connectivity index (χ3n) is 3.92. The number of benzene rings is 1. The number of sulfonamides is 1. The lowest BCUT2D eigenvalue weighted by molar-refractivity contribution is 0.190. The van der Waals surface area contributed by atoms with Crippen molar-refractivity contribution in [2.24, 2.45) is 0 Å². The Balaban J connectivity index is 2.08. The van der Waals surface area contributed by atoms with Crippen molar-refractivity contribution >= 4 is 10.0 Å². The normalized spacial score (nSPS) is 20.4. The molecule has 0 N–H and O–H groups in total. The van der Waals surface area contributed by atoms with E-state index in [1.165, 1.54) is 0 Å². The lowest BCUT2D eigenvalue weighted by atomic mass is 10.1. The Hall–Kier alpha value is -1.42. The molecule has 1 aliphatic heterocycles. The Morgan fingerprint density at radius 2 is 2.00 bits per heavy atom. The molecular weight excluding hydrogens is 286 g/mol. The van der Waals surface area contributed by atoms with Gasteiger partial charge < -0.3 is 4.90 Å². The number of likely N-dealkylation sites (N-methyl/N-ethyl adjacent to an activating group) is 1. The zero-order chi connectivity index (χ0) is 15.5. The van der Waals surface area contributed by atoms with Gasteiger partial charge in [-0.3, -0.25) is 0 Å². The van der Waals surface area contributed by atoms with E-state index >= 15 is 0 Å². The molecule has 0 bridgehead atoms. The second-order valence-electron chi connectivity index (χ2n) is 5.68. The average molecular weight is 307 g/mol. The van der Waals surface area contributed by atoms with Crippen LogP contribution in [0.25, 0.3) is 0 Å². The molecule has 1 aromatic rings. The number of rotatable bonds is 4. The molecule has 0 aliphatic carbocycles. The van der Waals surface area contributed by atoms with E-state index in [1.54, 1.807) is 28.6 Å². The van der Waals surface area contributed by atoms with Gasteiger partial charge in [0.2, 0.25) is 10.0 Å². The fraction of sp³-hybridized carbons (Fsp3) is 0.533. The number of nitriles is 1. The summed E-state index contributed by atoms with van der Waals surface area (Å²) in [5.41, 5.74) is 1.27. The summed E-state index contributed by atoms with van der Waals surface area (Å²) in [6.07, 6.45) is 1.94. The van der Waals surface area contributed by atoms with Crippen LogP contribution in [-0.4, -0.2) is 50.8 Å². The van der Waals surface area contributed by atoms with Crippen LogP contribution in [0.5, 0.6) is 0 Å². The topological polar surface area (TPSA) is 64.4 Å². The molecular formula is C15H21N3O2S. The standard InChI is InChI=1S/C15H21N3O2S/c1-17(2)15-4-3-9-18(11-15)21(19,20)12-14-7-5-13(10-16)6-8-14/h5-8,15H,3-4,9,11-12H2,1-2H3. The van der Waals surface area contributed by atoms with Crippen molar-refractivity contribution in [3.05, 3.63) is 35.4 Å². The summed E-state index contributed by atoms with van der Waals surface area (Å²) in [5, 5.41) is 8.76. The summed E-state index contributed by atoms with van der Waals surface area (Å²) in [7, 11) is 0.676. The van der Waals surface area contributed by atoms with Gasteiger partial charge in [0.15, 0.2) is 0 Å². The highest BCUT2D eigenvalue weighted by Crippen LogP contribution is 2.19. The molecule has 1 saturated heterocycles. The number of nitrogens with zero attached hydrogens (tertiary/aromatic N) is 3. The Bertz CT molecular complexity index is 617. The highest BCUT2D eigenvalue weighted by molar-refractivity contribution is 7.88. The summed E-state index contributed by atoms with van der Waals surface area (Å²) in [6.45, 7) is 1.16. The summed E-state index contributed by atoms with van der Waals surface area (Å²) in [4.78, 5) is 2.09. The highest BCUT2D eigenvalue weighted by atomic mass is 32.2. The molecule has 6 heteroatoms. The first-order chi connectivity index (χ1) is 9.92. The second kappa shape index (κ2) is 6.56. The molecule has 1 fully saturated rings. The number of piperidine rings is 1. The Morgan fingerprint density at radius 3 is 2.57 bits per heavy atom. The fourth-order valence-corrected chi connectivity index (χ4v) is 4.18. The van der Waals surface area contributed by atoms with Crippen LogP contribution in [-0.2, 0) is 15.8 Å². The molecule has 1 heterocycles. The van der Waals surface area contributed by atoms with E-state index in [-0.39, 0.29) is 11.8 Å².